The van der Waals surface area contributed by atoms with Gasteiger partial charge in [0.15, 0.2) is 17.1 Å². The van der Waals surface area contributed by atoms with Crippen LogP contribution in [-0.4, -0.2) is 31.5 Å². The van der Waals surface area contributed by atoms with Gasteiger partial charge in [0.1, 0.15) is 5.39 Å². The summed E-state index contributed by atoms with van der Waals surface area (Å²) in [4.78, 5) is 12.8. The second-order valence-electron chi connectivity index (χ2n) is 5.13. The van der Waals surface area contributed by atoms with Crippen LogP contribution >= 0.6 is 0 Å². The normalized spacial score (nSPS) is 10.7. The number of ether oxygens (including phenoxy) is 3. The summed E-state index contributed by atoms with van der Waals surface area (Å²) in [5.41, 5.74) is -0.289. The smallest absolute Gasteiger partial charge is 0.239 e. The third kappa shape index (κ3) is 2.40. The summed E-state index contributed by atoms with van der Waals surface area (Å²) in [5.74, 6) is -1.24. The number of fused-ring (bicyclic) bond motifs is 1. The Morgan fingerprint density at radius 1 is 0.840 bits per heavy atom. The van der Waals surface area contributed by atoms with Crippen molar-refractivity contribution >= 4 is 11.0 Å². The van der Waals surface area contributed by atoms with E-state index in [4.69, 9.17) is 18.6 Å². The van der Waals surface area contributed by atoms with E-state index in [1.165, 1.54) is 21.3 Å². The third-order valence-electron chi connectivity index (χ3n) is 3.81. The van der Waals surface area contributed by atoms with E-state index in [1.54, 1.807) is 24.3 Å². The highest BCUT2D eigenvalue weighted by molar-refractivity contribution is 5.96. The number of phenolic OH excluding ortho intramolecular Hbond substituents is 2. The van der Waals surface area contributed by atoms with Crippen LogP contribution in [0.3, 0.4) is 0 Å². The molecular formula is C18H16O7. The first-order valence-corrected chi connectivity index (χ1v) is 7.31. The molecule has 0 aliphatic carbocycles. The van der Waals surface area contributed by atoms with Crippen molar-refractivity contribution in [2.24, 2.45) is 0 Å². The van der Waals surface area contributed by atoms with E-state index in [9.17, 15) is 15.0 Å². The minimum absolute atomic E-state index is 0.0966. The monoisotopic (exact) mass is 344 g/mol. The van der Waals surface area contributed by atoms with Crippen LogP contribution in [0.15, 0.2) is 39.5 Å². The molecule has 2 N–H and O–H groups in total. The average Bonchev–Trinajstić information content (AvgIpc) is 2.64. The molecule has 0 saturated heterocycles. The molecule has 0 unspecified atom stereocenters. The Kier molecular flexibility index (Phi) is 4.14. The maximum Gasteiger partial charge on any atom is 0.239 e. The summed E-state index contributed by atoms with van der Waals surface area (Å²) < 4.78 is 21.0. The van der Waals surface area contributed by atoms with Gasteiger partial charge in [-0.05, 0) is 0 Å². The molecule has 0 radical (unpaired) electrons. The molecule has 2 aromatic carbocycles. The Morgan fingerprint density at radius 2 is 1.40 bits per heavy atom. The van der Waals surface area contributed by atoms with Gasteiger partial charge in [-0.25, -0.2) is 0 Å². The molecule has 0 aliphatic rings. The van der Waals surface area contributed by atoms with Gasteiger partial charge >= 0.3 is 0 Å². The largest absolute Gasteiger partial charge is 0.504 e. The summed E-state index contributed by atoms with van der Waals surface area (Å²) >= 11 is 0. The molecule has 0 spiro atoms. The van der Waals surface area contributed by atoms with Gasteiger partial charge in [0.2, 0.25) is 28.4 Å². The molecule has 1 aromatic heterocycles. The molecule has 0 aliphatic heterocycles. The molecule has 0 bridgehead atoms. The van der Waals surface area contributed by atoms with E-state index in [2.05, 4.69) is 0 Å². The predicted octanol–water partition coefficient (Wildman–Crippen LogP) is 2.90. The average molecular weight is 344 g/mol. The van der Waals surface area contributed by atoms with Crippen molar-refractivity contribution in [3.63, 3.8) is 0 Å². The van der Waals surface area contributed by atoms with E-state index in [0.29, 0.717) is 5.56 Å². The molecule has 0 amide bonds. The predicted molar refractivity (Wildman–Crippen MR) is 90.9 cm³/mol. The van der Waals surface area contributed by atoms with Crippen molar-refractivity contribution in [3.8, 4) is 40.1 Å². The lowest BCUT2D eigenvalue weighted by molar-refractivity contribution is 0.317. The van der Waals surface area contributed by atoms with Crippen LogP contribution < -0.4 is 19.6 Å². The van der Waals surface area contributed by atoms with Crippen LogP contribution in [0.2, 0.25) is 0 Å². The van der Waals surface area contributed by atoms with Gasteiger partial charge in [-0.15, -0.1) is 0 Å². The van der Waals surface area contributed by atoms with Crippen LogP contribution in [-0.2, 0) is 0 Å². The van der Waals surface area contributed by atoms with Gasteiger partial charge in [-0.2, -0.15) is 0 Å². The van der Waals surface area contributed by atoms with E-state index >= 15 is 0 Å². The van der Waals surface area contributed by atoms with Crippen LogP contribution in [0.5, 0.6) is 28.7 Å². The van der Waals surface area contributed by atoms with Gasteiger partial charge in [0.25, 0.3) is 0 Å². The van der Waals surface area contributed by atoms with Gasteiger partial charge in [0.05, 0.1) is 21.3 Å². The summed E-state index contributed by atoms with van der Waals surface area (Å²) in [6, 6.07) is 8.80. The first-order chi connectivity index (χ1) is 12.0. The molecule has 1 heterocycles. The zero-order valence-corrected chi connectivity index (χ0v) is 13.8. The van der Waals surface area contributed by atoms with E-state index in [0.717, 1.165) is 0 Å². The fourth-order valence-electron chi connectivity index (χ4n) is 2.68. The van der Waals surface area contributed by atoms with Crippen LogP contribution in [0.4, 0.5) is 0 Å². The van der Waals surface area contributed by atoms with E-state index < -0.39 is 16.9 Å². The van der Waals surface area contributed by atoms with Crippen molar-refractivity contribution in [2.75, 3.05) is 21.3 Å². The molecule has 3 rings (SSSR count). The fourth-order valence-corrected chi connectivity index (χ4v) is 2.68. The molecular weight excluding hydrogens is 328 g/mol. The van der Waals surface area contributed by atoms with Crippen molar-refractivity contribution in [1.29, 1.82) is 0 Å². The third-order valence-corrected chi connectivity index (χ3v) is 3.81. The lowest BCUT2D eigenvalue weighted by Crippen LogP contribution is -2.09. The molecule has 25 heavy (non-hydrogen) atoms. The van der Waals surface area contributed by atoms with E-state index in [-0.39, 0.29) is 34.0 Å². The number of aromatic hydroxyl groups is 2. The first kappa shape index (κ1) is 16.5. The summed E-state index contributed by atoms with van der Waals surface area (Å²) in [5, 5.41) is 20.6. The number of hydrogen-bond donors (Lipinski definition) is 2. The molecule has 0 fully saturated rings. The van der Waals surface area contributed by atoms with E-state index in [1.807, 2.05) is 6.07 Å². The topological polar surface area (TPSA) is 98.4 Å². The Hall–Kier alpha value is -3.35. The quantitative estimate of drug-likeness (QED) is 0.702. The molecule has 130 valence electrons. The lowest BCUT2D eigenvalue weighted by atomic mass is 10.1. The highest BCUT2D eigenvalue weighted by atomic mass is 16.5. The minimum Gasteiger partial charge on any atom is -0.504 e. The number of hydrogen-bond acceptors (Lipinski definition) is 7. The lowest BCUT2D eigenvalue weighted by Gasteiger charge is -2.15. The zero-order chi connectivity index (χ0) is 18.1. The molecule has 7 heteroatoms. The second kappa shape index (κ2) is 6.27. The minimum atomic E-state index is -0.642. The SMILES string of the molecule is COc1c(OC)c(O)c2c(=O)c(OC)c(-c3ccccc3)oc2c1O. The second-order valence-corrected chi connectivity index (χ2v) is 5.13. The van der Waals surface area contributed by atoms with Crippen LogP contribution in [0, 0.1) is 0 Å². The van der Waals surface area contributed by atoms with Crippen LogP contribution in [0.25, 0.3) is 22.3 Å². The Morgan fingerprint density at radius 3 is 1.96 bits per heavy atom. The highest BCUT2D eigenvalue weighted by Crippen LogP contribution is 2.50. The van der Waals surface area contributed by atoms with Gasteiger partial charge < -0.3 is 28.8 Å². The first-order valence-electron chi connectivity index (χ1n) is 7.31. The van der Waals surface area contributed by atoms with Gasteiger partial charge in [-0.3, -0.25) is 4.79 Å². The maximum absolute atomic E-state index is 12.8. The number of rotatable bonds is 4. The van der Waals surface area contributed by atoms with Crippen molar-refractivity contribution in [2.45, 2.75) is 0 Å². The highest BCUT2D eigenvalue weighted by Gasteiger charge is 2.28. The van der Waals surface area contributed by atoms with Gasteiger partial charge in [-0.1, -0.05) is 30.3 Å². The molecule has 3 aromatic rings. The Labute approximate surface area is 142 Å². The van der Waals surface area contributed by atoms with Gasteiger partial charge in [0, 0.05) is 5.56 Å². The Bertz CT molecular complexity index is 990. The van der Waals surface area contributed by atoms with Crippen molar-refractivity contribution in [3.05, 3.63) is 40.6 Å². The fraction of sp³-hybridized carbons (Fsp3) is 0.167. The van der Waals surface area contributed by atoms with Crippen LogP contribution in [0.1, 0.15) is 0 Å². The Balaban J connectivity index is 2.51. The number of benzene rings is 2. The number of methoxy groups -OCH3 is 3. The summed E-state index contributed by atoms with van der Waals surface area (Å²) in [6.07, 6.45) is 0. The summed E-state index contributed by atoms with van der Waals surface area (Å²) in [6.45, 7) is 0. The molecule has 7 nitrogen and oxygen atoms in total. The van der Waals surface area contributed by atoms with Crippen molar-refractivity contribution in [1.82, 2.24) is 0 Å². The summed E-state index contributed by atoms with van der Waals surface area (Å²) in [7, 11) is 3.89. The van der Waals surface area contributed by atoms with Crippen molar-refractivity contribution < 1.29 is 28.8 Å². The standard InChI is InChI=1S/C18H16O7/c1-22-16-11(19)10-12(20)17(23-2)18(24-3)13(21)15(10)25-14(16)9-7-5-4-6-8-9/h4-8,20-21H,1-3H3. The molecule has 0 saturated carbocycles. The number of phenols is 2. The maximum atomic E-state index is 12.8. The zero-order valence-electron chi connectivity index (χ0n) is 13.8. The molecule has 0 atom stereocenters.